The Morgan fingerprint density at radius 2 is 1.77 bits per heavy atom. The van der Waals surface area contributed by atoms with Crippen LogP contribution in [-0.4, -0.2) is 15.6 Å². The molecule has 2 aromatic carbocycles. The highest BCUT2D eigenvalue weighted by Gasteiger charge is 2.52. The third-order valence-electron chi connectivity index (χ3n) is 6.85. The van der Waals surface area contributed by atoms with E-state index in [4.69, 9.17) is 5.10 Å². The van der Waals surface area contributed by atoms with Gasteiger partial charge in [-0.25, -0.2) is 0 Å². The number of benzene rings is 2. The van der Waals surface area contributed by atoms with E-state index in [1.165, 1.54) is 5.56 Å². The molecule has 2 aliphatic carbocycles. The van der Waals surface area contributed by atoms with Crippen molar-refractivity contribution in [2.24, 2.45) is 13.0 Å². The molecular formula is C26H23N3O. The van der Waals surface area contributed by atoms with E-state index in [9.17, 15) is 10.1 Å². The molecule has 1 aromatic heterocycles. The van der Waals surface area contributed by atoms with E-state index in [-0.39, 0.29) is 23.2 Å². The van der Waals surface area contributed by atoms with Crippen LogP contribution in [0.15, 0.2) is 72.3 Å². The number of hydrogen-bond donors (Lipinski definition) is 0. The van der Waals surface area contributed by atoms with Gasteiger partial charge in [0.1, 0.15) is 6.07 Å². The lowest BCUT2D eigenvalue weighted by atomic mass is 9.56. The van der Waals surface area contributed by atoms with Crippen molar-refractivity contribution in [1.82, 2.24) is 9.78 Å². The summed E-state index contributed by atoms with van der Waals surface area (Å²) in [7, 11) is 1.98. The molecule has 0 spiro atoms. The quantitative estimate of drug-likeness (QED) is 0.633. The minimum absolute atomic E-state index is 0.0613. The Balaban J connectivity index is 1.72. The smallest absolute Gasteiger partial charge is 0.180 e. The number of ketones is 1. The highest BCUT2D eigenvalue weighted by Crippen LogP contribution is 2.53. The predicted octanol–water partition coefficient (Wildman–Crippen LogP) is 4.72. The first-order chi connectivity index (χ1) is 14.5. The van der Waals surface area contributed by atoms with E-state index in [0.29, 0.717) is 0 Å². The van der Waals surface area contributed by atoms with Crippen LogP contribution in [0.4, 0.5) is 0 Å². The third kappa shape index (κ3) is 2.59. The van der Waals surface area contributed by atoms with Crippen molar-refractivity contribution in [1.29, 1.82) is 5.26 Å². The lowest BCUT2D eigenvalue weighted by Gasteiger charge is -2.45. The van der Waals surface area contributed by atoms with Crippen molar-refractivity contribution in [3.8, 4) is 17.3 Å². The molecule has 0 saturated heterocycles. The van der Waals surface area contributed by atoms with Gasteiger partial charge in [-0.15, -0.1) is 0 Å². The van der Waals surface area contributed by atoms with E-state index in [1.54, 1.807) is 0 Å². The molecule has 0 N–H and O–H groups in total. The number of nitrogens with zero attached hydrogens (tertiary/aromatic N) is 3. The molecule has 3 atom stereocenters. The Hall–Kier alpha value is -3.45. The second-order valence-electron chi connectivity index (χ2n) is 8.52. The number of Topliss-reactive ketones (excluding diaryl/α,β-unsaturated/α-hetero) is 1. The Morgan fingerprint density at radius 1 is 1.10 bits per heavy atom. The summed E-state index contributed by atoms with van der Waals surface area (Å²) >= 11 is 0. The highest BCUT2D eigenvalue weighted by molar-refractivity contribution is 6.05. The fraction of sp³-hybridized carbons (Fsp3) is 0.269. The number of aryl methyl sites for hydroxylation is 1. The zero-order chi connectivity index (χ0) is 20.9. The molecule has 1 heterocycles. The Labute approximate surface area is 176 Å². The van der Waals surface area contributed by atoms with Gasteiger partial charge < -0.3 is 0 Å². The van der Waals surface area contributed by atoms with Crippen LogP contribution in [0.25, 0.3) is 11.3 Å². The van der Waals surface area contributed by atoms with Crippen molar-refractivity contribution in [2.75, 3.05) is 0 Å². The third-order valence-corrected chi connectivity index (χ3v) is 6.85. The summed E-state index contributed by atoms with van der Waals surface area (Å²) in [4.78, 5) is 13.2. The molecule has 4 nitrogen and oxygen atoms in total. The molecule has 5 rings (SSSR count). The zero-order valence-corrected chi connectivity index (χ0v) is 17.2. The second kappa shape index (κ2) is 6.81. The number of rotatable bonds is 2. The normalized spacial score (nSPS) is 25.1. The maximum atomic E-state index is 13.2. The predicted molar refractivity (Wildman–Crippen MR) is 116 cm³/mol. The van der Waals surface area contributed by atoms with E-state index in [2.05, 4.69) is 25.1 Å². The summed E-state index contributed by atoms with van der Waals surface area (Å²) in [5.74, 6) is -0.296. The Kier molecular flexibility index (Phi) is 4.22. The summed E-state index contributed by atoms with van der Waals surface area (Å²) in [6.45, 7) is 2.15. The molecule has 0 bridgehead atoms. The van der Waals surface area contributed by atoms with Gasteiger partial charge in [0.2, 0.25) is 0 Å². The van der Waals surface area contributed by atoms with Gasteiger partial charge in [-0.1, -0.05) is 73.7 Å². The van der Waals surface area contributed by atoms with Gasteiger partial charge in [0.15, 0.2) is 5.78 Å². The molecule has 4 heteroatoms. The number of aromatic nitrogens is 2. The second-order valence-corrected chi connectivity index (χ2v) is 8.52. The maximum absolute atomic E-state index is 13.2. The fourth-order valence-electron chi connectivity index (χ4n) is 5.51. The first-order valence-corrected chi connectivity index (χ1v) is 10.4. The molecule has 3 aromatic rings. The molecule has 2 aliphatic rings. The standard InChI is InChI=1S/C26H23N3O/c1-26-15-19(16-27)24(30)22(17-9-5-3-6-10-17)21(26)14-13-20-23(29(2)28-25(20)26)18-11-7-4-8-12-18/h3-12,15,21-22H,13-14H2,1-2H3. The van der Waals surface area contributed by atoms with E-state index in [1.807, 2.05) is 66.3 Å². The topological polar surface area (TPSA) is 58.7 Å². The van der Waals surface area contributed by atoms with Crippen LogP contribution in [0.3, 0.4) is 0 Å². The van der Waals surface area contributed by atoms with Crippen molar-refractivity contribution in [3.63, 3.8) is 0 Å². The summed E-state index contributed by atoms with van der Waals surface area (Å²) < 4.78 is 1.96. The van der Waals surface area contributed by atoms with Gasteiger partial charge in [0.05, 0.1) is 22.9 Å². The summed E-state index contributed by atoms with van der Waals surface area (Å²) in [6.07, 6.45) is 3.65. The van der Waals surface area contributed by atoms with Gasteiger partial charge in [0, 0.05) is 23.6 Å². The maximum Gasteiger partial charge on any atom is 0.180 e. The summed E-state index contributed by atoms with van der Waals surface area (Å²) in [5, 5.41) is 14.7. The molecule has 3 unspecified atom stereocenters. The van der Waals surface area contributed by atoms with Crippen molar-refractivity contribution in [2.45, 2.75) is 31.1 Å². The Bertz CT molecular complexity index is 1200. The van der Waals surface area contributed by atoms with Crippen LogP contribution >= 0.6 is 0 Å². The number of hydrogen-bond acceptors (Lipinski definition) is 3. The SMILES string of the molecule is Cn1nc2c(c1-c1ccccc1)CCC1C(c3ccccc3)C(=O)C(C#N)=CC21C. The lowest BCUT2D eigenvalue weighted by molar-refractivity contribution is -0.119. The molecule has 30 heavy (non-hydrogen) atoms. The molecule has 0 saturated carbocycles. The minimum atomic E-state index is -0.460. The van der Waals surface area contributed by atoms with Gasteiger partial charge in [0.25, 0.3) is 0 Å². The van der Waals surface area contributed by atoms with Crippen molar-refractivity contribution >= 4 is 5.78 Å². The molecule has 0 fully saturated rings. The average molecular weight is 393 g/mol. The van der Waals surface area contributed by atoms with Crippen molar-refractivity contribution in [3.05, 3.63) is 89.1 Å². The molecule has 0 aliphatic heterocycles. The number of allylic oxidation sites excluding steroid dienone is 2. The highest BCUT2D eigenvalue weighted by atomic mass is 16.1. The van der Waals surface area contributed by atoms with Crippen molar-refractivity contribution < 1.29 is 4.79 Å². The first-order valence-electron chi connectivity index (χ1n) is 10.4. The number of carbonyl (C=O) groups is 1. The lowest BCUT2D eigenvalue weighted by Crippen LogP contribution is -2.45. The molecule has 0 amide bonds. The zero-order valence-electron chi connectivity index (χ0n) is 17.2. The molecular weight excluding hydrogens is 370 g/mol. The Morgan fingerprint density at radius 3 is 2.43 bits per heavy atom. The molecule has 0 radical (unpaired) electrons. The van der Waals surface area contributed by atoms with Crippen LogP contribution in [0, 0.1) is 17.2 Å². The van der Waals surface area contributed by atoms with Crippen LogP contribution in [0.2, 0.25) is 0 Å². The number of carbonyl (C=O) groups excluding carboxylic acids is 1. The van der Waals surface area contributed by atoms with Crippen LogP contribution < -0.4 is 0 Å². The largest absolute Gasteiger partial charge is 0.293 e. The van der Waals surface area contributed by atoms with Gasteiger partial charge >= 0.3 is 0 Å². The van der Waals surface area contributed by atoms with Gasteiger partial charge in [-0.05, 0) is 24.3 Å². The average Bonchev–Trinajstić information content (AvgIpc) is 3.12. The minimum Gasteiger partial charge on any atom is -0.293 e. The van der Waals surface area contributed by atoms with Crippen LogP contribution in [0.5, 0.6) is 0 Å². The summed E-state index contributed by atoms with van der Waals surface area (Å²) in [6, 6.07) is 22.4. The van der Waals surface area contributed by atoms with Gasteiger partial charge in [-0.2, -0.15) is 10.4 Å². The fourth-order valence-corrected chi connectivity index (χ4v) is 5.51. The number of fused-ring (bicyclic) bond motifs is 3. The van der Waals surface area contributed by atoms with E-state index in [0.717, 1.165) is 35.4 Å². The van der Waals surface area contributed by atoms with Gasteiger partial charge in [-0.3, -0.25) is 9.48 Å². The van der Waals surface area contributed by atoms with Crippen LogP contribution in [-0.2, 0) is 23.7 Å². The molecule has 148 valence electrons. The van der Waals surface area contributed by atoms with Crippen LogP contribution in [0.1, 0.15) is 36.1 Å². The monoisotopic (exact) mass is 393 g/mol. The van der Waals surface area contributed by atoms with E-state index < -0.39 is 5.41 Å². The summed E-state index contributed by atoms with van der Waals surface area (Å²) in [5.41, 5.74) is 5.29. The number of nitriles is 1. The first kappa shape index (κ1) is 18.6. The van der Waals surface area contributed by atoms with E-state index >= 15 is 0 Å².